The normalized spacial score (nSPS) is 13.1. The first-order chi connectivity index (χ1) is 15.9. The van der Waals surface area contributed by atoms with Crippen molar-refractivity contribution in [2.75, 3.05) is 24.9 Å². The molecule has 4 aromatic heterocycles. The van der Waals surface area contributed by atoms with Crippen LogP contribution in [0.1, 0.15) is 18.7 Å². The maximum atomic E-state index is 12.8. The Morgan fingerprint density at radius 3 is 2.48 bits per heavy atom. The van der Waals surface area contributed by atoms with E-state index in [4.69, 9.17) is 32.7 Å². The number of ether oxygens (including phenoxy) is 2. The Bertz CT molecular complexity index is 1280. The van der Waals surface area contributed by atoms with Crippen molar-refractivity contribution in [3.8, 4) is 5.82 Å². The van der Waals surface area contributed by atoms with Crippen LogP contribution in [-0.4, -0.2) is 60.9 Å². The van der Waals surface area contributed by atoms with Crippen molar-refractivity contribution in [1.82, 2.24) is 34.6 Å². The fourth-order valence-electron chi connectivity index (χ4n) is 3.20. The summed E-state index contributed by atoms with van der Waals surface area (Å²) in [6.45, 7) is 1.83. The van der Waals surface area contributed by atoms with Crippen LogP contribution in [0.2, 0.25) is 10.2 Å². The number of methoxy groups -OCH3 is 2. The van der Waals surface area contributed by atoms with E-state index in [2.05, 4.69) is 35.9 Å². The van der Waals surface area contributed by atoms with E-state index in [0.29, 0.717) is 28.5 Å². The predicted molar refractivity (Wildman–Crippen MR) is 121 cm³/mol. The van der Waals surface area contributed by atoms with E-state index in [1.54, 1.807) is 13.2 Å². The molecule has 33 heavy (non-hydrogen) atoms. The highest BCUT2D eigenvalue weighted by Crippen LogP contribution is 2.30. The van der Waals surface area contributed by atoms with E-state index in [0.717, 1.165) is 0 Å². The summed E-state index contributed by atoms with van der Waals surface area (Å²) in [5, 5.41) is 18.2. The van der Waals surface area contributed by atoms with Crippen LogP contribution in [0.3, 0.4) is 0 Å². The van der Waals surface area contributed by atoms with Gasteiger partial charge in [-0.2, -0.15) is 15.3 Å². The van der Waals surface area contributed by atoms with Crippen LogP contribution in [-0.2, 0) is 9.47 Å². The minimum absolute atomic E-state index is 0.248. The molecule has 0 fully saturated rings. The molecular weight excluding hydrogens is 473 g/mol. The summed E-state index contributed by atoms with van der Waals surface area (Å²) in [6.07, 6.45) is 5.00. The third-order valence-corrected chi connectivity index (χ3v) is 5.21. The number of nitrogens with zero attached hydrogens (tertiary/aromatic N) is 7. The van der Waals surface area contributed by atoms with Gasteiger partial charge in [0.1, 0.15) is 11.8 Å². The zero-order chi connectivity index (χ0) is 23.5. The van der Waals surface area contributed by atoms with Gasteiger partial charge in [0.25, 0.3) is 0 Å². The predicted octanol–water partition coefficient (Wildman–Crippen LogP) is 3.38. The molecule has 4 rings (SSSR count). The molecule has 0 radical (unpaired) electrons. The highest BCUT2D eigenvalue weighted by molar-refractivity contribution is 6.32. The van der Waals surface area contributed by atoms with E-state index >= 15 is 0 Å². The van der Waals surface area contributed by atoms with Crippen molar-refractivity contribution in [3.05, 3.63) is 52.8 Å². The number of fused-ring (bicyclic) bond motifs is 1. The van der Waals surface area contributed by atoms with Crippen molar-refractivity contribution in [1.29, 1.82) is 0 Å². The number of pyridine rings is 1. The molecule has 2 amide bonds. The number of hydrogen-bond acceptors (Lipinski definition) is 8. The van der Waals surface area contributed by atoms with Crippen molar-refractivity contribution in [2.45, 2.75) is 19.1 Å². The Kier molecular flexibility index (Phi) is 6.70. The first-order valence-electron chi connectivity index (χ1n) is 9.61. The monoisotopic (exact) mass is 491 g/mol. The Hall–Kier alpha value is -3.32. The van der Waals surface area contributed by atoms with E-state index in [-0.39, 0.29) is 16.3 Å². The fourth-order valence-corrected chi connectivity index (χ4v) is 3.61. The topological polar surface area (TPSA) is 133 Å². The SMILES string of the molecule is CO[C@H](c1c(NC(=O)Nc2cnc(-n3nccn3)c(Cl)c2)cnc2cc(Cl)nn12)[C@@H](C)OC. The molecule has 0 bridgehead atoms. The van der Waals surface area contributed by atoms with Gasteiger partial charge >= 0.3 is 6.03 Å². The summed E-state index contributed by atoms with van der Waals surface area (Å²) >= 11 is 12.3. The Morgan fingerprint density at radius 1 is 1.06 bits per heavy atom. The van der Waals surface area contributed by atoms with Gasteiger partial charge in [-0.15, -0.1) is 4.80 Å². The second-order valence-corrected chi connectivity index (χ2v) is 7.61. The molecule has 0 saturated heterocycles. The van der Waals surface area contributed by atoms with Crippen LogP contribution >= 0.6 is 23.2 Å². The molecule has 2 N–H and O–H groups in total. The zero-order valence-electron chi connectivity index (χ0n) is 17.7. The standard InChI is InChI=1S/C19H19Cl2N9O3/c1-10(32-2)17(33-3)16-13(9-22-15-7-14(21)28-29(15)16)27-19(31)26-11-6-12(20)18(23-8-11)30-24-4-5-25-30/h4-10,17H,1-3H3,(H2,26,27,31)/t10-,17+/m1/s1. The molecule has 0 spiro atoms. The van der Waals surface area contributed by atoms with Crippen LogP contribution in [0.15, 0.2) is 36.9 Å². The number of carbonyl (C=O) groups excluding carboxylic acids is 1. The van der Waals surface area contributed by atoms with Crippen LogP contribution in [0.5, 0.6) is 0 Å². The summed E-state index contributed by atoms with van der Waals surface area (Å²) in [6, 6.07) is 2.58. The number of halogens is 2. The number of nitrogens with one attached hydrogen (secondary N) is 2. The smallest absolute Gasteiger partial charge is 0.323 e. The molecule has 4 aromatic rings. The van der Waals surface area contributed by atoms with Gasteiger partial charge in [0.15, 0.2) is 16.6 Å². The Morgan fingerprint density at radius 2 is 1.82 bits per heavy atom. The lowest BCUT2D eigenvalue weighted by Crippen LogP contribution is -2.26. The molecule has 0 aliphatic carbocycles. The molecule has 0 saturated carbocycles. The molecule has 2 atom stereocenters. The quantitative estimate of drug-likeness (QED) is 0.401. The van der Waals surface area contributed by atoms with Gasteiger partial charge in [0.05, 0.1) is 47.3 Å². The van der Waals surface area contributed by atoms with Gasteiger partial charge in [-0.25, -0.2) is 19.3 Å². The number of amides is 2. The van der Waals surface area contributed by atoms with Crippen LogP contribution in [0.4, 0.5) is 16.2 Å². The number of rotatable bonds is 7. The van der Waals surface area contributed by atoms with Crippen molar-refractivity contribution in [2.24, 2.45) is 0 Å². The van der Waals surface area contributed by atoms with Gasteiger partial charge in [-0.1, -0.05) is 23.2 Å². The summed E-state index contributed by atoms with van der Waals surface area (Å²) in [5.41, 5.74) is 1.71. The summed E-state index contributed by atoms with van der Waals surface area (Å²) in [7, 11) is 3.09. The second-order valence-electron chi connectivity index (χ2n) is 6.82. The number of hydrogen-bond donors (Lipinski definition) is 2. The minimum Gasteiger partial charge on any atom is -0.379 e. The first-order valence-corrected chi connectivity index (χ1v) is 10.4. The van der Waals surface area contributed by atoms with Gasteiger partial charge < -0.3 is 20.1 Å². The van der Waals surface area contributed by atoms with E-state index in [9.17, 15) is 4.79 Å². The van der Waals surface area contributed by atoms with Crippen molar-refractivity contribution < 1.29 is 14.3 Å². The van der Waals surface area contributed by atoms with E-state index in [1.165, 1.54) is 47.3 Å². The van der Waals surface area contributed by atoms with Crippen LogP contribution in [0.25, 0.3) is 11.5 Å². The zero-order valence-corrected chi connectivity index (χ0v) is 19.2. The Labute approximate surface area is 197 Å². The van der Waals surface area contributed by atoms with Crippen molar-refractivity contribution in [3.63, 3.8) is 0 Å². The molecule has 14 heteroatoms. The number of carbonyl (C=O) groups is 1. The maximum Gasteiger partial charge on any atom is 0.323 e. The molecule has 0 unspecified atom stereocenters. The van der Waals surface area contributed by atoms with Crippen molar-refractivity contribution >= 4 is 46.3 Å². The first kappa shape index (κ1) is 22.9. The third kappa shape index (κ3) is 4.73. The summed E-state index contributed by atoms with van der Waals surface area (Å²) in [5.74, 6) is 0.330. The number of aromatic nitrogens is 7. The van der Waals surface area contributed by atoms with Crippen LogP contribution in [0, 0.1) is 0 Å². The lowest BCUT2D eigenvalue weighted by atomic mass is 10.1. The molecule has 0 aliphatic heterocycles. The van der Waals surface area contributed by atoms with Gasteiger partial charge in [0.2, 0.25) is 0 Å². The molecule has 0 aromatic carbocycles. The van der Waals surface area contributed by atoms with Crippen LogP contribution < -0.4 is 10.6 Å². The molecular formula is C19H19Cl2N9O3. The third-order valence-electron chi connectivity index (χ3n) is 4.75. The Balaban J connectivity index is 1.61. The molecule has 12 nitrogen and oxygen atoms in total. The van der Waals surface area contributed by atoms with E-state index < -0.39 is 12.1 Å². The van der Waals surface area contributed by atoms with Gasteiger partial charge in [0, 0.05) is 20.3 Å². The molecule has 4 heterocycles. The fraction of sp³-hybridized carbons (Fsp3) is 0.263. The lowest BCUT2D eigenvalue weighted by Gasteiger charge is -2.24. The average Bonchev–Trinajstić information content (AvgIpc) is 3.44. The maximum absolute atomic E-state index is 12.8. The number of urea groups is 1. The second kappa shape index (κ2) is 9.67. The minimum atomic E-state index is -0.580. The van der Waals surface area contributed by atoms with Gasteiger partial charge in [-0.05, 0) is 13.0 Å². The largest absolute Gasteiger partial charge is 0.379 e. The summed E-state index contributed by atoms with van der Waals surface area (Å²) < 4.78 is 12.6. The molecule has 172 valence electrons. The average molecular weight is 492 g/mol. The highest BCUT2D eigenvalue weighted by Gasteiger charge is 2.27. The summed E-state index contributed by atoms with van der Waals surface area (Å²) in [4.78, 5) is 22.6. The molecule has 0 aliphatic rings. The van der Waals surface area contributed by atoms with Gasteiger partial charge in [-0.3, -0.25) is 0 Å². The highest BCUT2D eigenvalue weighted by atomic mass is 35.5. The lowest BCUT2D eigenvalue weighted by molar-refractivity contribution is -0.0305. The van der Waals surface area contributed by atoms with E-state index in [1.807, 2.05) is 6.92 Å². The number of anilines is 2.